The predicted molar refractivity (Wildman–Crippen MR) is 146 cm³/mol. The minimum Gasteiger partial charge on any atom is -0.497 e. The summed E-state index contributed by atoms with van der Waals surface area (Å²) in [7, 11) is 6.11. The molecule has 0 aromatic heterocycles. The van der Waals surface area contributed by atoms with Gasteiger partial charge in [-0.25, -0.2) is 0 Å². The molecule has 0 saturated carbocycles. The lowest BCUT2D eigenvalue weighted by Gasteiger charge is -2.27. The van der Waals surface area contributed by atoms with E-state index in [-0.39, 0.29) is 11.6 Å². The molecular weight excluding hydrogens is 480 g/mol. The molecule has 4 aromatic rings. The van der Waals surface area contributed by atoms with Crippen LogP contribution in [0.15, 0.2) is 97.1 Å². The lowest BCUT2D eigenvalue weighted by atomic mass is 9.73. The molecule has 0 heterocycles. The zero-order chi connectivity index (χ0) is 27.1. The molecule has 0 bridgehead atoms. The van der Waals surface area contributed by atoms with Gasteiger partial charge in [-0.1, -0.05) is 60.7 Å². The maximum Gasteiger partial charge on any atom is 0.175 e. The van der Waals surface area contributed by atoms with E-state index in [0.29, 0.717) is 45.3 Å². The molecule has 6 nitrogen and oxygen atoms in total. The Morgan fingerprint density at radius 2 is 0.868 bits per heavy atom. The smallest absolute Gasteiger partial charge is 0.175 e. The van der Waals surface area contributed by atoms with Gasteiger partial charge in [0.05, 0.1) is 51.4 Å². The van der Waals surface area contributed by atoms with Crippen LogP contribution in [-0.4, -0.2) is 40.0 Å². The first-order valence-electron chi connectivity index (χ1n) is 12.1. The quantitative estimate of drug-likeness (QED) is 0.219. The van der Waals surface area contributed by atoms with Crippen LogP contribution in [-0.2, 0) is 0 Å². The minimum atomic E-state index is -0.847. The molecule has 0 radical (unpaired) electrons. The van der Waals surface area contributed by atoms with Crippen molar-refractivity contribution in [1.82, 2.24) is 0 Å². The van der Waals surface area contributed by atoms with Crippen LogP contribution >= 0.6 is 0 Å². The monoisotopic (exact) mass is 510 g/mol. The first kappa shape index (κ1) is 26.5. The van der Waals surface area contributed by atoms with Crippen molar-refractivity contribution >= 4 is 11.6 Å². The lowest BCUT2D eigenvalue weighted by Crippen LogP contribution is -2.28. The van der Waals surface area contributed by atoms with Gasteiger partial charge in [-0.05, 0) is 35.4 Å². The molecule has 0 saturated heterocycles. The Kier molecular flexibility index (Phi) is 8.44. The first-order valence-corrected chi connectivity index (χ1v) is 12.1. The SMILES string of the molecule is COc1ccc(C(=O)C(c2ccccc2)C(C(=O)c2ccc(OC)cc2OC)c2ccccc2)c(OC)c1. The van der Waals surface area contributed by atoms with Gasteiger partial charge < -0.3 is 18.9 Å². The summed E-state index contributed by atoms with van der Waals surface area (Å²) in [4.78, 5) is 28.8. The Balaban J connectivity index is 1.94. The van der Waals surface area contributed by atoms with E-state index >= 15 is 0 Å². The number of carbonyl (C=O) groups excluding carboxylic acids is 2. The van der Waals surface area contributed by atoms with E-state index in [4.69, 9.17) is 18.9 Å². The van der Waals surface area contributed by atoms with Crippen molar-refractivity contribution in [2.45, 2.75) is 11.8 Å². The summed E-state index contributed by atoms with van der Waals surface area (Å²) in [6, 6.07) is 28.8. The summed E-state index contributed by atoms with van der Waals surface area (Å²) in [6.45, 7) is 0. The number of ketones is 2. The summed E-state index contributed by atoms with van der Waals surface area (Å²) in [5.74, 6) is -0.314. The van der Waals surface area contributed by atoms with Gasteiger partial charge in [-0.3, -0.25) is 9.59 Å². The maximum atomic E-state index is 14.4. The number of ether oxygens (including phenoxy) is 4. The van der Waals surface area contributed by atoms with Crippen molar-refractivity contribution in [2.24, 2.45) is 0 Å². The van der Waals surface area contributed by atoms with Crippen molar-refractivity contribution < 1.29 is 28.5 Å². The number of Topliss-reactive ketones (excluding diaryl/α,β-unsaturated/α-hetero) is 2. The highest BCUT2D eigenvalue weighted by molar-refractivity contribution is 6.11. The Labute approximate surface area is 222 Å². The molecule has 0 spiro atoms. The van der Waals surface area contributed by atoms with Gasteiger partial charge in [0.1, 0.15) is 23.0 Å². The molecule has 0 fully saturated rings. The largest absolute Gasteiger partial charge is 0.497 e. The van der Waals surface area contributed by atoms with Gasteiger partial charge in [-0.15, -0.1) is 0 Å². The molecule has 0 N–H and O–H groups in total. The first-order chi connectivity index (χ1) is 18.5. The van der Waals surface area contributed by atoms with Crippen LogP contribution < -0.4 is 18.9 Å². The molecule has 4 aromatic carbocycles. The molecule has 38 heavy (non-hydrogen) atoms. The van der Waals surface area contributed by atoms with E-state index in [1.165, 1.54) is 14.2 Å². The van der Waals surface area contributed by atoms with Crippen LogP contribution in [0, 0.1) is 0 Å². The molecule has 2 atom stereocenters. The summed E-state index contributed by atoms with van der Waals surface area (Å²) < 4.78 is 21.8. The zero-order valence-corrected chi connectivity index (χ0v) is 21.8. The number of rotatable bonds is 11. The summed E-state index contributed by atoms with van der Waals surface area (Å²) in [5.41, 5.74) is 2.14. The third-order valence-corrected chi connectivity index (χ3v) is 6.56. The number of methoxy groups -OCH3 is 4. The highest BCUT2D eigenvalue weighted by atomic mass is 16.5. The van der Waals surface area contributed by atoms with Crippen LogP contribution in [0.5, 0.6) is 23.0 Å². The third kappa shape index (κ3) is 5.39. The Hall–Kier alpha value is -4.58. The van der Waals surface area contributed by atoms with E-state index in [1.807, 2.05) is 60.7 Å². The van der Waals surface area contributed by atoms with E-state index in [0.717, 1.165) is 0 Å². The van der Waals surface area contributed by atoms with Gasteiger partial charge in [0.2, 0.25) is 0 Å². The highest BCUT2D eigenvalue weighted by Gasteiger charge is 2.39. The molecule has 6 heteroatoms. The van der Waals surface area contributed by atoms with Crippen molar-refractivity contribution in [3.8, 4) is 23.0 Å². The summed E-state index contributed by atoms with van der Waals surface area (Å²) in [6.07, 6.45) is 0. The summed E-state index contributed by atoms with van der Waals surface area (Å²) >= 11 is 0. The van der Waals surface area contributed by atoms with Crippen LogP contribution in [0.25, 0.3) is 0 Å². The average Bonchev–Trinajstić information content (AvgIpc) is 2.99. The van der Waals surface area contributed by atoms with Gasteiger partial charge in [0.25, 0.3) is 0 Å². The van der Waals surface area contributed by atoms with E-state index in [9.17, 15) is 9.59 Å². The van der Waals surface area contributed by atoms with E-state index in [2.05, 4.69) is 0 Å². The van der Waals surface area contributed by atoms with E-state index < -0.39 is 11.8 Å². The highest BCUT2D eigenvalue weighted by Crippen LogP contribution is 2.42. The van der Waals surface area contributed by atoms with Gasteiger partial charge >= 0.3 is 0 Å². The number of carbonyl (C=O) groups is 2. The average molecular weight is 511 g/mol. The number of hydrogen-bond acceptors (Lipinski definition) is 6. The fourth-order valence-electron chi connectivity index (χ4n) is 4.65. The predicted octanol–water partition coefficient (Wildman–Crippen LogP) is 6.35. The lowest BCUT2D eigenvalue weighted by molar-refractivity contribution is 0.0863. The molecule has 0 aliphatic rings. The fraction of sp³-hybridized carbons (Fsp3) is 0.188. The zero-order valence-electron chi connectivity index (χ0n) is 21.8. The summed E-state index contributed by atoms with van der Waals surface area (Å²) in [5, 5.41) is 0. The molecule has 0 aliphatic heterocycles. The molecule has 0 aliphatic carbocycles. The van der Waals surface area contributed by atoms with Gasteiger partial charge in [0, 0.05) is 12.1 Å². The number of benzene rings is 4. The normalized spacial score (nSPS) is 12.2. The Morgan fingerprint density at radius 3 is 1.18 bits per heavy atom. The Morgan fingerprint density at radius 1 is 0.500 bits per heavy atom. The third-order valence-electron chi connectivity index (χ3n) is 6.56. The van der Waals surface area contributed by atoms with Crippen LogP contribution in [0.4, 0.5) is 0 Å². The Bertz CT molecular complexity index is 1290. The second kappa shape index (κ2) is 12.1. The topological polar surface area (TPSA) is 71.1 Å². The maximum absolute atomic E-state index is 14.4. The van der Waals surface area contributed by atoms with Crippen molar-refractivity contribution in [3.05, 3.63) is 119 Å². The molecule has 194 valence electrons. The molecular formula is C32H30O6. The van der Waals surface area contributed by atoms with Crippen LogP contribution in [0.1, 0.15) is 43.7 Å². The van der Waals surface area contributed by atoms with Crippen molar-refractivity contribution in [2.75, 3.05) is 28.4 Å². The van der Waals surface area contributed by atoms with E-state index in [1.54, 1.807) is 50.6 Å². The van der Waals surface area contributed by atoms with Crippen LogP contribution in [0.3, 0.4) is 0 Å². The van der Waals surface area contributed by atoms with Gasteiger partial charge in [-0.2, -0.15) is 0 Å². The number of hydrogen-bond donors (Lipinski definition) is 0. The minimum absolute atomic E-state index is 0.245. The van der Waals surface area contributed by atoms with Crippen LogP contribution in [0.2, 0.25) is 0 Å². The fourth-order valence-corrected chi connectivity index (χ4v) is 4.65. The second-order valence-corrected chi connectivity index (χ2v) is 8.64. The second-order valence-electron chi connectivity index (χ2n) is 8.64. The standard InChI is InChI=1S/C32H30O6/c1-35-23-15-17-25(27(19-23)37-3)31(33)29(21-11-7-5-8-12-21)30(22-13-9-6-10-14-22)32(34)26-18-16-24(36-2)20-28(26)38-4/h5-20,29-30H,1-4H3. The van der Waals surface area contributed by atoms with Gasteiger partial charge in [0.15, 0.2) is 11.6 Å². The molecule has 4 rings (SSSR count). The van der Waals surface area contributed by atoms with Crippen molar-refractivity contribution in [3.63, 3.8) is 0 Å². The molecule has 0 amide bonds. The molecule has 2 unspecified atom stereocenters. The van der Waals surface area contributed by atoms with Crippen molar-refractivity contribution in [1.29, 1.82) is 0 Å².